The van der Waals surface area contributed by atoms with Gasteiger partial charge in [-0.05, 0) is 25.0 Å². The van der Waals surface area contributed by atoms with Crippen LogP contribution in [0.15, 0.2) is 24.3 Å². The summed E-state index contributed by atoms with van der Waals surface area (Å²) in [7, 11) is 0. The molecule has 118 valence electrons. The monoisotopic (exact) mass is 319 g/mol. The molecule has 6 heteroatoms. The van der Waals surface area contributed by atoms with Crippen LogP contribution in [0.25, 0.3) is 10.2 Å². The first kappa shape index (κ1) is 15.4. The normalized spacial score (nSPS) is 14.6. The van der Waals surface area contributed by atoms with Crippen molar-refractivity contribution in [3.63, 3.8) is 0 Å². The van der Waals surface area contributed by atoms with Gasteiger partial charge in [-0.1, -0.05) is 12.1 Å². The Morgan fingerprint density at radius 2 is 2.23 bits per heavy atom. The lowest BCUT2D eigenvalue weighted by Crippen LogP contribution is -2.40. The Labute approximate surface area is 134 Å². The lowest BCUT2D eigenvalue weighted by Gasteiger charge is -2.19. The van der Waals surface area contributed by atoms with Gasteiger partial charge in [0.25, 0.3) is 0 Å². The van der Waals surface area contributed by atoms with E-state index in [9.17, 15) is 4.79 Å². The fraction of sp³-hybridized carbons (Fsp3) is 0.500. The minimum absolute atomic E-state index is 0.0291. The summed E-state index contributed by atoms with van der Waals surface area (Å²) in [5.41, 5.74) is 1.02. The smallest absolute Gasteiger partial charge is 0.234 e. The number of carbonyl (C=O) groups excluding carboxylic acids is 1. The standard InChI is InChI=1S/C16H21N3O2S/c20-10-9-19(12-5-6-12)11-15(21)17-8-7-16-18-13-3-1-2-4-14(13)22-16/h1-4,12,20H,5-11H2,(H,17,21). The summed E-state index contributed by atoms with van der Waals surface area (Å²) in [5, 5.41) is 13.0. The first-order chi connectivity index (χ1) is 10.8. The highest BCUT2D eigenvalue weighted by atomic mass is 32.1. The molecule has 1 saturated carbocycles. The first-order valence-corrected chi connectivity index (χ1v) is 8.54. The summed E-state index contributed by atoms with van der Waals surface area (Å²) < 4.78 is 1.19. The second-order valence-electron chi connectivity index (χ2n) is 5.60. The summed E-state index contributed by atoms with van der Waals surface area (Å²) in [6.07, 6.45) is 3.03. The van der Waals surface area contributed by atoms with Crippen LogP contribution in [0.5, 0.6) is 0 Å². The SMILES string of the molecule is O=C(CN(CCO)C1CC1)NCCc1nc2ccccc2s1. The van der Waals surface area contributed by atoms with Gasteiger partial charge in [-0.2, -0.15) is 0 Å². The number of aliphatic hydroxyl groups is 1. The van der Waals surface area contributed by atoms with E-state index in [-0.39, 0.29) is 12.5 Å². The number of hydrogen-bond acceptors (Lipinski definition) is 5. The quantitative estimate of drug-likeness (QED) is 0.772. The van der Waals surface area contributed by atoms with Crippen LogP contribution < -0.4 is 5.32 Å². The van der Waals surface area contributed by atoms with Gasteiger partial charge in [-0.3, -0.25) is 9.69 Å². The average Bonchev–Trinajstić information content (AvgIpc) is 3.27. The highest BCUT2D eigenvalue weighted by molar-refractivity contribution is 7.18. The molecule has 0 spiro atoms. The Hall–Kier alpha value is -1.50. The minimum Gasteiger partial charge on any atom is -0.395 e. The molecule has 1 fully saturated rings. The molecule has 1 heterocycles. The van der Waals surface area contributed by atoms with Gasteiger partial charge in [0.05, 0.1) is 28.4 Å². The zero-order chi connectivity index (χ0) is 15.4. The van der Waals surface area contributed by atoms with Crippen molar-refractivity contribution < 1.29 is 9.90 Å². The number of benzene rings is 1. The highest BCUT2D eigenvalue weighted by Crippen LogP contribution is 2.26. The van der Waals surface area contributed by atoms with Gasteiger partial charge in [0.1, 0.15) is 0 Å². The number of fused-ring (bicyclic) bond motifs is 1. The van der Waals surface area contributed by atoms with E-state index < -0.39 is 0 Å². The van der Waals surface area contributed by atoms with Crippen molar-refractivity contribution in [1.29, 1.82) is 0 Å². The van der Waals surface area contributed by atoms with E-state index in [4.69, 9.17) is 5.11 Å². The lowest BCUT2D eigenvalue weighted by molar-refractivity contribution is -0.122. The van der Waals surface area contributed by atoms with Crippen molar-refractivity contribution in [2.45, 2.75) is 25.3 Å². The zero-order valence-corrected chi connectivity index (χ0v) is 13.3. The van der Waals surface area contributed by atoms with E-state index in [0.717, 1.165) is 29.8 Å². The van der Waals surface area contributed by atoms with Gasteiger partial charge in [-0.15, -0.1) is 11.3 Å². The number of para-hydroxylation sites is 1. The maximum Gasteiger partial charge on any atom is 0.234 e. The van der Waals surface area contributed by atoms with Crippen LogP contribution in [0.1, 0.15) is 17.8 Å². The predicted octanol–water partition coefficient (Wildman–Crippen LogP) is 1.41. The summed E-state index contributed by atoms with van der Waals surface area (Å²) in [6, 6.07) is 8.57. The molecule has 0 saturated heterocycles. The molecule has 22 heavy (non-hydrogen) atoms. The molecule has 2 aromatic rings. The fourth-order valence-electron chi connectivity index (χ4n) is 2.53. The lowest BCUT2D eigenvalue weighted by atomic mass is 10.3. The number of hydrogen-bond donors (Lipinski definition) is 2. The molecule has 3 rings (SSSR count). The Kier molecular flexibility index (Phi) is 5.02. The minimum atomic E-state index is 0.0291. The molecular formula is C16H21N3O2S. The number of nitrogens with one attached hydrogen (secondary N) is 1. The van der Waals surface area contributed by atoms with E-state index in [2.05, 4.69) is 21.3 Å². The number of thiazole rings is 1. The van der Waals surface area contributed by atoms with Gasteiger partial charge < -0.3 is 10.4 Å². The first-order valence-electron chi connectivity index (χ1n) is 7.72. The van der Waals surface area contributed by atoms with Gasteiger partial charge in [-0.25, -0.2) is 4.98 Å². The van der Waals surface area contributed by atoms with Crippen LogP contribution in [0.3, 0.4) is 0 Å². The van der Waals surface area contributed by atoms with E-state index in [0.29, 0.717) is 25.7 Å². The van der Waals surface area contributed by atoms with Crippen LogP contribution in [0.2, 0.25) is 0 Å². The molecule has 5 nitrogen and oxygen atoms in total. The molecule has 0 bridgehead atoms. The molecule has 0 radical (unpaired) electrons. The van der Waals surface area contributed by atoms with Crippen LogP contribution in [0.4, 0.5) is 0 Å². The molecule has 1 amide bonds. The summed E-state index contributed by atoms with van der Waals surface area (Å²) in [5.74, 6) is 0.0291. The third-order valence-electron chi connectivity index (χ3n) is 3.80. The summed E-state index contributed by atoms with van der Waals surface area (Å²) >= 11 is 1.68. The second kappa shape index (κ2) is 7.17. The van der Waals surface area contributed by atoms with Crippen molar-refractivity contribution in [2.75, 3.05) is 26.2 Å². The third kappa shape index (κ3) is 4.03. The second-order valence-corrected chi connectivity index (χ2v) is 6.72. The molecule has 2 N–H and O–H groups in total. The number of rotatable bonds is 8. The Bertz CT molecular complexity index is 606. The van der Waals surface area contributed by atoms with Crippen molar-refractivity contribution in [3.8, 4) is 0 Å². The molecule has 1 aromatic heterocycles. The molecule has 0 unspecified atom stereocenters. The van der Waals surface area contributed by atoms with Crippen molar-refractivity contribution in [1.82, 2.24) is 15.2 Å². The number of carbonyl (C=O) groups is 1. The van der Waals surface area contributed by atoms with E-state index in [1.54, 1.807) is 11.3 Å². The maximum absolute atomic E-state index is 12.0. The van der Waals surface area contributed by atoms with Gasteiger partial charge >= 0.3 is 0 Å². The van der Waals surface area contributed by atoms with Gasteiger partial charge in [0.15, 0.2) is 0 Å². The molecule has 1 aliphatic rings. The number of aromatic nitrogens is 1. The van der Waals surface area contributed by atoms with Gasteiger partial charge in [0.2, 0.25) is 5.91 Å². The summed E-state index contributed by atoms with van der Waals surface area (Å²) in [4.78, 5) is 18.6. The zero-order valence-electron chi connectivity index (χ0n) is 12.5. The highest BCUT2D eigenvalue weighted by Gasteiger charge is 2.29. The third-order valence-corrected chi connectivity index (χ3v) is 4.89. The Balaban J connectivity index is 1.44. The molecule has 1 aromatic carbocycles. The van der Waals surface area contributed by atoms with Crippen LogP contribution in [-0.2, 0) is 11.2 Å². The van der Waals surface area contributed by atoms with E-state index >= 15 is 0 Å². The predicted molar refractivity (Wildman–Crippen MR) is 88.0 cm³/mol. The van der Waals surface area contributed by atoms with Crippen molar-refractivity contribution in [3.05, 3.63) is 29.3 Å². The maximum atomic E-state index is 12.0. The Morgan fingerprint density at radius 3 is 2.95 bits per heavy atom. The van der Waals surface area contributed by atoms with Crippen LogP contribution in [0, 0.1) is 0 Å². The van der Waals surface area contributed by atoms with Crippen molar-refractivity contribution >= 4 is 27.5 Å². The number of aliphatic hydroxyl groups excluding tert-OH is 1. The van der Waals surface area contributed by atoms with Crippen LogP contribution in [-0.4, -0.2) is 53.2 Å². The molecule has 0 aliphatic heterocycles. The van der Waals surface area contributed by atoms with E-state index in [1.165, 1.54) is 4.70 Å². The molecule has 1 aliphatic carbocycles. The van der Waals surface area contributed by atoms with Crippen LogP contribution >= 0.6 is 11.3 Å². The Morgan fingerprint density at radius 1 is 1.41 bits per heavy atom. The molecular weight excluding hydrogens is 298 g/mol. The number of nitrogens with zero attached hydrogens (tertiary/aromatic N) is 2. The van der Waals surface area contributed by atoms with Gasteiger partial charge in [0, 0.05) is 25.6 Å². The fourth-order valence-corrected chi connectivity index (χ4v) is 3.50. The largest absolute Gasteiger partial charge is 0.395 e. The topological polar surface area (TPSA) is 65.5 Å². The average molecular weight is 319 g/mol. The van der Waals surface area contributed by atoms with Crippen molar-refractivity contribution in [2.24, 2.45) is 0 Å². The van der Waals surface area contributed by atoms with E-state index in [1.807, 2.05) is 18.2 Å². The summed E-state index contributed by atoms with van der Waals surface area (Å²) in [6.45, 7) is 1.67. The molecule has 0 atom stereocenters. The number of amides is 1.